The van der Waals surface area contributed by atoms with Crippen LogP contribution in [0.1, 0.15) is 44.7 Å². The van der Waals surface area contributed by atoms with Crippen LogP contribution in [0.25, 0.3) is 6.08 Å². The molecule has 0 amide bonds. The topological polar surface area (TPSA) is 54.4 Å². The molecule has 0 aliphatic heterocycles. The summed E-state index contributed by atoms with van der Waals surface area (Å²) in [6, 6.07) is 5.34. The van der Waals surface area contributed by atoms with Gasteiger partial charge in [0.25, 0.3) is 0 Å². The van der Waals surface area contributed by atoms with Gasteiger partial charge in [-0.1, -0.05) is 39.8 Å². The maximum absolute atomic E-state index is 12.5. The first-order valence-electron chi connectivity index (χ1n) is 7.42. The number of phenolic OH excluding ortho intramolecular Hbond substituents is 1. The lowest BCUT2D eigenvalue weighted by Crippen LogP contribution is -2.50. The zero-order valence-electron chi connectivity index (χ0n) is 12.8. The predicted octanol–water partition coefficient (Wildman–Crippen LogP) is 3.32. The number of hydrogen-bond donors (Lipinski definition) is 1. The number of Topliss-reactive ketones (excluding diaryl/α,β-unsaturated/α-hetero) is 2. The lowest BCUT2D eigenvalue weighted by Gasteiger charge is -2.50. The van der Waals surface area contributed by atoms with Gasteiger partial charge in [0, 0.05) is 22.5 Å². The third kappa shape index (κ3) is 1.60. The first-order valence-corrected chi connectivity index (χ1v) is 7.42. The Kier molecular flexibility index (Phi) is 2.88. The second-order valence-corrected chi connectivity index (χ2v) is 6.61. The molecule has 110 valence electrons. The summed E-state index contributed by atoms with van der Waals surface area (Å²) in [4.78, 5) is 24.7. The lowest BCUT2D eigenvalue weighted by molar-refractivity contribution is -0.142. The molecular formula is C18H20O3. The van der Waals surface area contributed by atoms with Crippen LogP contribution in [0.5, 0.6) is 5.75 Å². The molecule has 3 nitrogen and oxygen atoms in total. The van der Waals surface area contributed by atoms with Gasteiger partial charge in [-0.2, -0.15) is 0 Å². The summed E-state index contributed by atoms with van der Waals surface area (Å²) in [6.45, 7) is 7.95. The summed E-state index contributed by atoms with van der Waals surface area (Å²) >= 11 is 0. The van der Waals surface area contributed by atoms with Crippen LogP contribution in [0.3, 0.4) is 0 Å². The quantitative estimate of drug-likeness (QED) is 0.743. The van der Waals surface area contributed by atoms with E-state index in [1.807, 2.05) is 33.8 Å². The third-order valence-corrected chi connectivity index (χ3v) is 5.91. The van der Waals surface area contributed by atoms with Gasteiger partial charge in [0.2, 0.25) is 11.6 Å². The van der Waals surface area contributed by atoms with E-state index in [0.717, 1.165) is 11.1 Å². The first kappa shape index (κ1) is 14.1. The minimum absolute atomic E-state index is 0.0109. The highest BCUT2D eigenvalue weighted by atomic mass is 16.3. The fourth-order valence-electron chi connectivity index (χ4n) is 4.05. The van der Waals surface area contributed by atoms with Gasteiger partial charge in [-0.15, -0.1) is 0 Å². The number of carbonyl (C=O) groups is 2. The van der Waals surface area contributed by atoms with E-state index in [4.69, 9.17) is 0 Å². The van der Waals surface area contributed by atoms with Gasteiger partial charge >= 0.3 is 0 Å². The van der Waals surface area contributed by atoms with E-state index in [1.54, 1.807) is 18.2 Å². The summed E-state index contributed by atoms with van der Waals surface area (Å²) in [7, 11) is 0. The van der Waals surface area contributed by atoms with Crippen molar-refractivity contribution >= 4 is 17.6 Å². The van der Waals surface area contributed by atoms with Crippen molar-refractivity contribution in [2.75, 3.05) is 0 Å². The molecule has 0 aromatic heterocycles. The van der Waals surface area contributed by atoms with Crippen molar-refractivity contribution in [2.24, 2.45) is 17.3 Å². The number of phenols is 1. The standard InChI is InChI=1S/C18H20O3/c1-9-10(2)18(4)11(3)15-12(6-5-7-14(15)19)8-13(18)17(21)16(9)20/h5-11,19H,1-4H3. The Balaban J connectivity index is 2.30. The molecule has 1 aromatic rings. The van der Waals surface area contributed by atoms with Gasteiger partial charge in [-0.05, 0) is 29.5 Å². The molecule has 0 spiro atoms. The minimum atomic E-state index is -0.420. The molecule has 2 aliphatic carbocycles. The van der Waals surface area contributed by atoms with E-state index in [2.05, 4.69) is 0 Å². The van der Waals surface area contributed by atoms with E-state index >= 15 is 0 Å². The summed E-state index contributed by atoms with van der Waals surface area (Å²) in [5.74, 6) is -0.624. The molecule has 1 aromatic carbocycles. The van der Waals surface area contributed by atoms with Gasteiger partial charge in [-0.3, -0.25) is 9.59 Å². The van der Waals surface area contributed by atoms with E-state index in [1.165, 1.54) is 0 Å². The Hall–Kier alpha value is -1.90. The maximum atomic E-state index is 12.5. The highest BCUT2D eigenvalue weighted by molar-refractivity contribution is 6.46. The summed E-state index contributed by atoms with van der Waals surface area (Å²) in [5, 5.41) is 10.2. The highest BCUT2D eigenvalue weighted by Crippen LogP contribution is 2.58. The number of allylic oxidation sites excluding steroid dienone is 1. The fourth-order valence-corrected chi connectivity index (χ4v) is 4.05. The Bertz CT molecular complexity index is 686. The number of fused-ring (bicyclic) bond motifs is 2. The van der Waals surface area contributed by atoms with Crippen molar-refractivity contribution in [2.45, 2.75) is 33.6 Å². The lowest BCUT2D eigenvalue weighted by atomic mass is 9.52. The first-order chi connectivity index (χ1) is 9.80. The molecule has 3 heteroatoms. The highest BCUT2D eigenvalue weighted by Gasteiger charge is 2.54. The zero-order valence-corrected chi connectivity index (χ0v) is 12.8. The number of hydrogen-bond acceptors (Lipinski definition) is 3. The molecule has 4 atom stereocenters. The van der Waals surface area contributed by atoms with E-state index < -0.39 is 5.41 Å². The summed E-state index contributed by atoms with van der Waals surface area (Å²) in [5.41, 5.74) is 1.91. The smallest absolute Gasteiger partial charge is 0.225 e. The molecule has 1 fully saturated rings. The largest absolute Gasteiger partial charge is 0.508 e. The Morgan fingerprint density at radius 2 is 1.81 bits per heavy atom. The van der Waals surface area contributed by atoms with E-state index in [-0.39, 0.29) is 35.1 Å². The van der Waals surface area contributed by atoms with Crippen molar-refractivity contribution in [1.82, 2.24) is 0 Å². The molecule has 21 heavy (non-hydrogen) atoms. The van der Waals surface area contributed by atoms with Crippen LogP contribution in [-0.4, -0.2) is 16.7 Å². The van der Waals surface area contributed by atoms with Crippen LogP contribution in [0.15, 0.2) is 23.8 Å². The molecular weight excluding hydrogens is 264 g/mol. The van der Waals surface area contributed by atoms with Crippen molar-refractivity contribution in [3.8, 4) is 5.75 Å². The van der Waals surface area contributed by atoms with Crippen molar-refractivity contribution in [1.29, 1.82) is 0 Å². The number of ketones is 2. The van der Waals surface area contributed by atoms with Crippen LogP contribution in [0, 0.1) is 17.3 Å². The monoisotopic (exact) mass is 284 g/mol. The Labute approximate surface area is 124 Å². The number of rotatable bonds is 0. The van der Waals surface area contributed by atoms with Crippen molar-refractivity contribution in [3.05, 3.63) is 34.9 Å². The predicted molar refractivity (Wildman–Crippen MR) is 80.9 cm³/mol. The Morgan fingerprint density at radius 3 is 2.48 bits per heavy atom. The average molecular weight is 284 g/mol. The van der Waals surface area contributed by atoms with E-state index in [0.29, 0.717) is 5.57 Å². The van der Waals surface area contributed by atoms with Crippen molar-refractivity contribution < 1.29 is 14.7 Å². The molecule has 1 N–H and O–H groups in total. The zero-order chi connectivity index (χ0) is 15.5. The summed E-state index contributed by atoms with van der Waals surface area (Å²) < 4.78 is 0. The van der Waals surface area contributed by atoms with Crippen LogP contribution in [0.2, 0.25) is 0 Å². The SMILES string of the molecule is CC1C(=O)C(=O)C2=Cc3cccc(O)c3C(C)C2(C)C1C. The van der Waals surface area contributed by atoms with Gasteiger partial charge < -0.3 is 5.11 Å². The van der Waals surface area contributed by atoms with Gasteiger partial charge in [0.15, 0.2) is 0 Å². The molecule has 3 rings (SSSR count). The number of benzene rings is 1. The molecule has 1 saturated carbocycles. The molecule has 0 saturated heterocycles. The van der Waals surface area contributed by atoms with E-state index in [9.17, 15) is 14.7 Å². The third-order valence-electron chi connectivity index (χ3n) is 5.91. The van der Waals surface area contributed by atoms with Crippen LogP contribution >= 0.6 is 0 Å². The second-order valence-electron chi connectivity index (χ2n) is 6.61. The average Bonchev–Trinajstić information content (AvgIpc) is 2.46. The molecule has 0 heterocycles. The molecule has 0 radical (unpaired) electrons. The van der Waals surface area contributed by atoms with Gasteiger partial charge in [0.05, 0.1) is 0 Å². The Morgan fingerprint density at radius 1 is 1.14 bits per heavy atom. The molecule has 4 unspecified atom stereocenters. The van der Waals surface area contributed by atoms with Crippen LogP contribution in [-0.2, 0) is 9.59 Å². The van der Waals surface area contributed by atoms with Gasteiger partial charge in [-0.25, -0.2) is 0 Å². The van der Waals surface area contributed by atoms with Crippen LogP contribution < -0.4 is 0 Å². The summed E-state index contributed by atoms with van der Waals surface area (Å²) in [6.07, 6.45) is 1.80. The fraction of sp³-hybridized carbons (Fsp3) is 0.444. The normalized spacial score (nSPS) is 35.0. The van der Waals surface area contributed by atoms with Gasteiger partial charge in [0.1, 0.15) is 5.75 Å². The maximum Gasteiger partial charge on any atom is 0.225 e. The number of aromatic hydroxyl groups is 1. The minimum Gasteiger partial charge on any atom is -0.508 e. The van der Waals surface area contributed by atoms with Crippen LogP contribution in [0.4, 0.5) is 0 Å². The van der Waals surface area contributed by atoms with Crippen molar-refractivity contribution in [3.63, 3.8) is 0 Å². The molecule has 2 aliphatic rings. The molecule has 0 bridgehead atoms. The number of carbonyl (C=O) groups excluding carboxylic acids is 2. The second kappa shape index (κ2) is 4.30.